The number of rotatable bonds is 7. The number of nitrogens with one attached hydrogen (secondary N) is 1. The first-order valence-corrected chi connectivity index (χ1v) is 6.60. The molecule has 0 atom stereocenters. The van der Waals surface area contributed by atoms with Gasteiger partial charge in [0.2, 0.25) is 0 Å². The Balaban J connectivity index is 2.42. The molecule has 0 aliphatic rings. The lowest BCUT2D eigenvalue weighted by atomic mass is 10.2. The Hall–Kier alpha value is -1.29. The zero-order chi connectivity index (χ0) is 13.5. The van der Waals surface area contributed by atoms with Gasteiger partial charge in [-0.3, -0.25) is 0 Å². The molecule has 3 nitrogen and oxygen atoms in total. The summed E-state index contributed by atoms with van der Waals surface area (Å²) in [7, 11) is 0. The molecule has 0 radical (unpaired) electrons. The molecule has 0 spiro atoms. The molecule has 1 rings (SSSR count). The number of hydrogen-bond donors (Lipinski definition) is 2. The topological polar surface area (TPSA) is 41.3 Å². The summed E-state index contributed by atoms with van der Waals surface area (Å²) in [6.07, 6.45) is 1.05. The fraction of sp³-hybridized carbons (Fsp3) is 0.571. The molecular weight excluding hydrogens is 229 g/mol. The van der Waals surface area contributed by atoms with Gasteiger partial charge in [0, 0.05) is 6.54 Å². The van der Waals surface area contributed by atoms with Crippen LogP contribution in [0.2, 0.25) is 0 Å². The van der Waals surface area contributed by atoms with Gasteiger partial charge in [0.1, 0.15) is 5.82 Å². The van der Waals surface area contributed by atoms with E-state index in [4.69, 9.17) is 5.73 Å². The molecule has 0 aliphatic heterocycles. The van der Waals surface area contributed by atoms with Crippen LogP contribution in [0.1, 0.15) is 25.8 Å². The van der Waals surface area contributed by atoms with Crippen LogP contribution in [-0.4, -0.2) is 31.1 Å². The largest absolute Gasteiger partial charge is 0.397 e. The lowest BCUT2D eigenvalue weighted by Crippen LogP contribution is -2.25. The highest BCUT2D eigenvalue weighted by atomic mass is 19.1. The Kier molecular flexibility index (Phi) is 5.92. The van der Waals surface area contributed by atoms with Crippen LogP contribution < -0.4 is 11.1 Å². The van der Waals surface area contributed by atoms with E-state index in [-0.39, 0.29) is 5.82 Å². The second-order valence-corrected chi connectivity index (χ2v) is 4.50. The SMILES string of the molecule is CCN(CC)CCCNc1cc(C)c(F)cc1N. The van der Waals surface area contributed by atoms with E-state index in [0.717, 1.165) is 38.3 Å². The molecule has 0 unspecified atom stereocenters. The van der Waals surface area contributed by atoms with E-state index in [2.05, 4.69) is 24.1 Å². The van der Waals surface area contributed by atoms with Gasteiger partial charge in [0.15, 0.2) is 0 Å². The number of aryl methyl sites for hydroxylation is 1. The summed E-state index contributed by atoms with van der Waals surface area (Å²) in [5.74, 6) is -0.249. The summed E-state index contributed by atoms with van der Waals surface area (Å²) < 4.78 is 13.2. The monoisotopic (exact) mass is 253 g/mol. The van der Waals surface area contributed by atoms with Crippen molar-refractivity contribution >= 4 is 11.4 Å². The number of nitrogens with two attached hydrogens (primary N) is 1. The summed E-state index contributed by atoms with van der Waals surface area (Å²) in [5.41, 5.74) is 7.69. The summed E-state index contributed by atoms with van der Waals surface area (Å²) in [6.45, 7) is 10.2. The van der Waals surface area contributed by atoms with Crippen molar-refractivity contribution in [2.24, 2.45) is 0 Å². The number of halogens is 1. The summed E-state index contributed by atoms with van der Waals surface area (Å²) in [6, 6.07) is 3.14. The van der Waals surface area contributed by atoms with Crippen LogP contribution in [0.4, 0.5) is 15.8 Å². The van der Waals surface area contributed by atoms with E-state index < -0.39 is 0 Å². The van der Waals surface area contributed by atoms with E-state index >= 15 is 0 Å². The maximum Gasteiger partial charge on any atom is 0.128 e. The molecule has 102 valence electrons. The third-order valence-corrected chi connectivity index (χ3v) is 3.19. The molecule has 0 aliphatic carbocycles. The van der Waals surface area contributed by atoms with Crippen LogP contribution in [0.25, 0.3) is 0 Å². The first-order valence-electron chi connectivity index (χ1n) is 6.60. The average Bonchev–Trinajstić information content (AvgIpc) is 2.35. The Morgan fingerprint density at radius 2 is 1.94 bits per heavy atom. The van der Waals surface area contributed by atoms with E-state index in [9.17, 15) is 4.39 Å². The minimum absolute atomic E-state index is 0.249. The molecule has 4 heteroatoms. The van der Waals surface area contributed by atoms with Gasteiger partial charge in [0.25, 0.3) is 0 Å². The predicted octanol–water partition coefficient (Wildman–Crippen LogP) is 2.86. The molecule has 18 heavy (non-hydrogen) atoms. The van der Waals surface area contributed by atoms with Gasteiger partial charge in [-0.25, -0.2) is 4.39 Å². The first-order chi connectivity index (χ1) is 8.58. The number of nitrogen functional groups attached to an aromatic ring is 1. The van der Waals surface area contributed by atoms with Gasteiger partial charge in [-0.15, -0.1) is 0 Å². The maximum absolute atomic E-state index is 13.2. The second-order valence-electron chi connectivity index (χ2n) is 4.50. The minimum Gasteiger partial charge on any atom is -0.397 e. The fourth-order valence-corrected chi connectivity index (χ4v) is 1.92. The van der Waals surface area contributed by atoms with Gasteiger partial charge in [-0.1, -0.05) is 13.8 Å². The van der Waals surface area contributed by atoms with Crippen LogP contribution in [-0.2, 0) is 0 Å². The van der Waals surface area contributed by atoms with Crippen molar-refractivity contribution in [2.75, 3.05) is 37.2 Å². The molecule has 0 bridgehead atoms. The Labute approximate surface area is 109 Å². The number of hydrogen-bond acceptors (Lipinski definition) is 3. The highest BCUT2D eigenvalue weighted by Crippen LogP contribution is 2.22. The Morgan fingerprint density at radius 1 is 1.28 bits per heavy atom. The molecule has 3 N–H and O–H groups in total. The standard InChI is InChI=1S/C14H24FN3/c1-4-18(5-2)8-6-7-17-14-9-11(3)12(15)10-13(14)16/h9-10,17H,4-8,16H2,1-3H3. The highest BCUT2D eigenvalue weighted by Gasteiger charge is 2.04. The van der Waals surface area contributed by atoms with Gasteiger partial charge >= 0.3 is 0 Å². The minimum atomic E-state index is -0.249. The third kappa shape index (κ3) is 4.18. The smallest absolute Gasteiger partial charge is 0.128 e. The summed E-state index contributed by atoms with van der Waals surface area (Å²) in [4.78, 5) is 2.38. The highest BCUT2D eigenvalue weighted by molar-refractivity contribution is 5.67. The first kappa shape index (κ1) is 14.8. The number of nitrogens with zero attached hydrogens (tertiary/aromatic N) is 1. The molecule has 0 heterocycles. The normalized spacial score (nSPS) is 10.9. The maximum atomic E-state index is 13.2. The van der Waals surface area contributed by atoms with Crippen molar-refractivity contribution in [3.63, 3.8) is 0 Å². The molecule has 0 aromatic heterocycles. The Bertz CT molecular complexity index is 376. The van der Waals surface area contributed by atoms with Crippen molar-refractivity contribution in [2.45, 2.75) is 27.2 Å². The summed E-state index contributed by atoms with van der Waals surface area (Å²) >= 11 is 0. The fourth-order valence-electron chi connectivity index (χ4n) is 1.92. The zero-order valence-electron chi connectivity index (χ0n) is 11.6. The van der Waals surface area contributed by atoms with Crippen molar-refractivity contribution in [3.05, 3.63) is 23.5 Å². The van der Waals surface area contributed by atoms with Crippen molar-refractivity contribution in [3.8, 4) is 0 Å². The lowest BCUT2D eigenvalue weighted by Gasteiger charge is -2.18. The van der Waals surface area contributed by atoms with E-state index in [0.29, 0.717) is 11.3 Å². The average molecular weight is 253 g/mol. The van der Waals surface area contributed by atoms with Gasteiger partial charge in [0.05, 0.1) is 11.4 Å². The lowest BCUT2D eigenvalue weighted by molar-refractivity contribution is 0.303. The van der Waals surface area contributed by atoms with Crippen LogP contribution in [0, 0.1) is 12.7 Å². The quantitative estimate of drug-likeness (QED) is 0.580. The van der Waals surface area contributed by atoms with Crippen LogP contribution in [0.5, 0.6) is 0 Å². The molecule has 0 saturated heterocycles. The number of benzene rings is 1. The van der Waals surface area contributed by atoms with E-state index in [1.54, 1.807) is 13.0 Å². The molecule has 1 aromatic rings. The van der Waals surface area contributed by atoms with Gasteiger partial charge in [-0.2, -0.15) is 0 Å². The van der Waals surface area contributed by atoms with Crippen LogP contribution in [0.3, 0.4) is 0 Å². The van der Waals surface area contributed by atoms with Crippen molar-refractivity contribution < 1.29 is 4.39 Å². The van der Waals surface area contributed by atoms with Crippen molar-refractivity contribution in [1.29, 1.82) is 0 Å². The third-order valence-electron chi connectivity index (χ3n) is 3.19. The molecule has 0 amide bonds. The van der Waals surface area contributed by atoms with Gasteiger partial charge < -0.3 is 16.0 Å². The molecule has 1 aromatic carbocycles. The molecule has 0 saturated carbocycles. The summed E-state index contributed by atoms with van der Waals surface area (Å²) in [5, 5.41) is 3.27. The predicted molar refractivity (Wildman–Crippen MR) is 76.4 cm³/mol. The van der Waals surface area contributed by atoms with E-state index in [1.165, 1.54) is 6.07 Å². The number of anilines is 2. The Morgan fingerprint density at radius 3 is 2.56 bits per heavy atom. The molecular formula is C14H24FN3. The molecule has 0 fully saturated rings. The zero-order valence-corrected chi connectivity index (χ0v) is 11.6. The van der Waals surface area contributed by atoms with Gasteiger partial charge in [-0.05, 0) is 50.7 Å². The van der Waals surface area contributed by atoms with Crippen LogP contribution in [0.15, 0.2) is 12.1 Å². The van der Waals surface area contributed by atoms with Crippen LogP contribution >= 0.6 is 0 Å². The van der Waals surface area contributed by atoms with E-state index in [1.807, 2.05) is 0 Å². The second kappa shape index (κ2) is 7.21. The van der Waals surface area contributed by atoms with Crippen molar-refractivity contribution in [1.82, 2.24) is 4.90 Å².